The molecule has 5 heteroatoms. The van der Waals surface area contributed by atoms with Crippen molar-refractivity contribution in [1.29, 1.82) is 0 Å². The molecule has 0 bridgehead atoms. The molecule has 0 heterocycles. The van der Waals surface area contributed by atoms with Gasteiger partial charge < -0.3 is 9.47 Å². The first-order valence-electron chi connectivity index (χ1n) is 6.79. The number of ether oxygens (including phenoxy) is 2. The number of hydrogen-bond acceptors (Lipinski definition) is 3. The topological polar surface area (TPSA) is 35.5 Å². The van der Waals surface area contributed by atoms with Crippen LogP contribution in [0.15, 0.2) is 42.5 Å². The van der Waals surface area contributed by atoms with Crippen molar-refractivity contribution in [3.8, 4) is 5.75 Å². The maximum absolute atomic E-state index is 13.6. The molecule has 0 aliphatic heterocycles. The van der Waals surface area contributed by atoms with Gasteiger partial charge in [-0.25, -0.2) is 4.39 Å². The van der Waals surface area contributed by atoms with Gasteiger partial charge in [-0.15, -0.1) is 0 Å². The average molecular weight is 323 g/mol. The minimum Gasteiger partial charge on any atom is -0.489 e. The van der Waals surface area contributed by atoms with Crippen LogP contribution in [0.5, 0.6) is 5.75 Å². The smallest absolute Gasteiger partial charge is 0.165 e. The highest BCUT2D eigenvalue weighted by Gasteiger charge is 2.09. The van der Waals surface area contributed by atoms with E-state index < -0.39 is 5.82 Å². The van der Waals surface area contributed by atoms with Crippen molar-refractivity contribution in [2.24, 2.45) is 0 Å². The molecule has 0 saturated heterocycles. The van der Waals surface area contributed by atoms with E-state index in [0.29, 0.717) is 34.9 Å². The van der Waals surface area contributed by atoms with Gasteiger partial charge in [-0.1, -0.05) is 17.7 Å². The Kier molecular flexibility index (Phi) is 5.92. The van der Waals surface area contributed by atoms with Crippen LogP contribution in [0.3, 0.4) is 0 Å². The van der Waals surface area contributed by atoms with Crippen LogP contribution in [0, 0.1) is 5.82 Å². The van der Waals surface area contributed by atoms with E-state index in [4.69, 9.17) is 21.1 Å². The second-order valence-electron chi connectivity index (χ2n) is 4.68. The Hall–Kier alpha value is -1.91. The zero-order valence-electron chi connectivity index (χ0n) is 12.1. The first-order valence-corrected chi connectivity index (χ1v) is 7.17. The standard InChI is InChI=1S/C17H16ClFO3/c1-21-10-9-17(20)12-5-7-13(8-6-12)22-11-14-15(18)3-2-4-16(14)19/h2-8H,9-11H2,1H3. The van der Waals surface area contributed by atoms with Gasteiger partial charge in [0.15, 0.2) is 5.78 Å². The third-order valence-electron chi connectivity index (χ3n) is 3.15. The predicted molar refractivity (Wildman–Crippen MR) is 83.0 cm³/mol. The van der Waals surface area contributed by atoms with Gasteiger partial charge in [-0.05, 0) is 36.4 Å². The second kappa shape index (κ2) is 7.92. The van der Waals surface area contributed by atoms with Crippen LogP contribution in [-0.2, 0) is 11.3 Å². The number of methoxy groups -OCH3 is 1. The van der Waals surface area contributed by atoms with Crippen LogP contribution >= 0.6 is 11.6 Å². The summed E-state index contributed by atoms with van der Waals surface area (Å²) in [5.74, 6) is 0.145. The summed E-state index contributed by atoms with van der Waals surface area (Å²) in [6.07, 6.45) is 0.335. The van der Waals surface area contributed by atoms with E-state index >= 15 is 0 Å². The fourth-order valence-corrected chi connectivity index (χ4v) is 2.12. The quantitative estimate of drug-likeness (QED) is 0.714. The van der Waals surface area contributed by atoms with Crippen LogP contribution < -0.4 is 4.74 Å². The number of carbonyl (C=O) groups excluding carboxylic acids is 1. The summed E-state index contributed by atoms with van der Waals surface area (Å²) in [5.41, 5.74) is 0.901. The highest BCUT2D eigenvalue weighted by atomic mass is 35.5. The zero-order chi connectivity index (χ0) is 15.9. The molecule has 0 aliphatic rings. The normalized spacial score (nSPS) is 10.5. The third kappa shape index (κ3) is 4.29. The van der Waals surface area contributed by atoms with Crippen molar-refractivity contribution >= 4 is 17.4 Å². The van der Waals surface area contributed by atoms with Gasteiger partial charge in [-0.2, -0.15) is 0 Å². The van der Waals surface area contributed by atoms with E-state index in [1.54, 1.807) is 43.5 Å². The summed E-state index contributed by atoms with van der Waals surface area (Å²) in [6.45, 7) is 0.422. The number of rotatable bonds is 7. The number of carbonyl (C=O) groups is 1. The molecule has 0 aliphatic carbocycles. The Morgan fingerprint density at radius 3 is 2.55 bits per heavy atom. The Bertz CT molecular complexity index is 621. The molecule has 116 valence electrons. The second-order valence-corrected chi connectivity index (χ2v) is 5.09. The fraction of sp³-hybridized carbons (Fsp3) is 0.235. The first kappa shape index (κ1) is 16.5. The van der Waals surface area contributed by atoms with Crippen LogP contribution in [-0.4, -0.2) is 19.5 Å². The molecule has 0 atom stereocenters. The monoisotopic (exact) mass is 322 g/mol. The summed E-state index contributed by atoms with van der Waals surface area (Å²) in [4.78, 5) is 11.8. The van der Waals surface area contributed by atoms with E-state index in [1.165, 1.54) is 6.07 Å². The molecule has 3 nitrogen and oxygen atoms in total. The third-order valence-corrected chi connectivity index (χ3v) is 3.51. The van der Waals surface area contributed by atoms with Gasteiger partial charge in [0.05, 0.1) is 11.6 Å². The number of Topliss-reactive ketones (excluding diaryl/α,β-unsaturated/α-hetero) is 1. The SMILES string of the molecule is COCCC(=O)c1ccc(OCc2c(F)cccc2Cl)cc1. The molecule has 2 aromatic rings. The maximum Gasteiger partial charge on any atom is 0.165 e. The van der Waals surface area contributed by atoms with Gasteiger partial charge in [0.2, 0.25) is 0 Å². The molecule has 0 spiro atoms. The minimum atomic E-state index is -0.404. The molecule has 0 fully saturated rings. The number of hydrogen-bond donors (Lipinski definition) is 0. The number of halogens is 2. The van der Waals surface area contributed by atoms with Crippen molar-refractivity contribution in [3.05, 3.63) is 64.4 Å². The molecule has 0 aromatic heterocycles. The lowest BCUT2D eigenvalue weighted by molar-refractivity contribution is 0.0932. The molecule has 2 aromatic carbocycles. The molecule has 0 radical (unpaired) electrons. The number of ketones is 1. The van der Waals surface area contributed by atoms with Crippen molar-refractivity contribution in [2.75, 3.05) is 13.7 Å². The van der Waals surface area contributed by atoms with Gasteiger partial charge >= 0.3 is 0 Å². The molecule has 0 N–H and O–H groups in total. The Labute approximate surface area is 133 Å². The van der Waals surface area contributed by atoms with E-state index in [0.717, 1.165) is 0 Å². The van der Waals surface area contributed by atoms with Crippen molar-refractivity contribution in [1.82, 2.24) is 0 Å². The van der Waals surface area contributed by atoms with Gasteiger partial charge in [0.1, 0.15) is 18.2 Å². The van der Waals surface area contributed by atoms with E-state index in [-0.39, 0.29) is 12.4 Å². The highest BCUT2D eigenvalue weighted by Crippen LogP contribution is 2.22. The molecular formula is C17H16ClFO3. The van der Waals surface area contributed by atoms with E-state index in [9.17, 15) is 9.18 Å². The fourth-order valence-electron chi connectivity index (χ4n) is 1.90. The molecule has 0 saturated carbocycles. The van der Waals surface area contributed by atoms with E-state index in [2.05, 4.69) is 0 Å². The maximum atomic E-state index is 13.6. The van der Waals surface area contributed by atoms with Crippen molar-refractivity contribution in [2.45, 2.75) is 13.0 Å². The zero-order valence-corrected chi connectivity index (χ0v) is 12.9. The largest absolute Gasteiger partial charge is 0.489 e. The lowest BCUT2D eigenvalue weighted by Crippen LogP contribution is -2.03. The van der Waals surface area contributed by atoms with Crippen molar-refractivity contribution < 1.29 is 18.7 Å². The van der Waals surface area contributed by atoms with Crippen LogP contribution in [0.25, 0.3) is 0 Å². The van der Waals surface area contributed by atoms with Crippen LogP contribution in [0.4, 0.5) is 4.39 Å². The lowest BCUT2D eigenvalue weighted by Gasteiger charge is -2.09. The highest BCUT2D eigenvalue weighted by molar-refractivity contribution is 6.31. The Morgan fingerprint density at radius 2 is 1.91 bits per heavy atom. The summed E-state index contributed by atoms with van der Waals surface area (Å²) in [7, 11) is 1.55. The van der Waals surface area contributed by atoms with Gasteiger partial charge in [0, 0.05) is 24.7 Å². The summed E-state index contributed by atoms with van der Waals surface area (Å²) in [5, 5.41) is 0.325. The van der Waals surface area contributed by atoms with Gasteiger partial charge in [0.25, 0.3) is 0 Å². The molecule has 2 rings (SSSR count). The molecule has 22 heavy (non-hydrogen) atoms. The van der Waals surface area contributed by atoms with Crippen LogP contribution in [0.1, 0.15) is 22.3 Å². The van der Waals surface area contributed by atoms with Crippen LogP contribution in [0.2, 0.25) is 5.02 Å². The summed E-state index contributed by atoms with van der Waals surface area (Å²) >= 11 is 5.93. The van der Waals surface area contributed by atoms with Crippen molar-refractivity contribution in [3.63, 3.8) is 0 Å². The molecular weight excluding hydrogens is 307 g/mol. The summed E-state index contributed by atoms with van der Waals surface area (Å²) < 4.78 is 24.0. The van der Waals surface area contributed by atoms with E-state index in [1.807, 2.05) is 0 Å². The predicted octanol–water partition coefficient (Wildman–Crippen LogP) is 4.28. The lowest BCUT2D eigenvalue weighted by atomic mass is 10.1. The number of benzene rings is 2. The average Bonchev–Trinajstić information content (AvgIpc) is 2.52. The Balaban J connectivity index is 1.98. The van der Waals surface area contributed by atoms with Gasteiger partial charge in [-0.3, -0.25) is 4.79 Å². The first-order chi connectivity index (χ1) is 10.6. The molecule has 0 amide bonds. The summed E-state index contributed by atoms with van der Waals surface area (Å²) in [6, 6.07) is 11.2. The molecule has 0 unspecified atom stereocenters. The minimum absolute atomic E-state index is 0.00514. The Morgan fingerprint density at radius 1 is 1.18 bits per heavy atom.